The Bertz CT molecular complexity index is 1780. The minimum absolute atomic E-state index is 0.0844. The van der Waals surface area contributed by atoms with Gasteiger partial charge in [0.1, 0.15) is 5.65 Å². The molecular weight excluding hydrogens is 579 g/mol. The zero-order chi connectivity index (χ0) is 30.8. The first kappa shape index (κ1) is 30.2. The topological polar surface area (TPSA) is 112 Å². The van der Waals surface area contributed by atoms with E-state index < -0.39 is 17.6 Å². The average Bonchev–Trinajstić information content (AvgIpc) is 3.69. The fraction of sp³-hybridized carbons (Fsp3) is 0.382. The summed E-state index contributed by atoms with van der Waals surface area (Å²) >= 11 is 6.28. The predicted molar refractivity (Wildman–Crippen MR) is 172 cm³/mol. The molecule has 0 saturated carbocycles. The standard InChI is InChI=1S/C34H38ClFN6O2/c1-20(2)5-3-6-21-15-26(32(36)27(35)16-21)30-17-23-19-42(34(44)40-33(23)39-30)25-11-9-22(10-12-25)28-8-4-7-24(38-28)18-31(43)29-13-14-37-41-29/h9-17,19-20,24,28,31,38,43H,3-8,18H2,1-2H3,(H,37,41)(H,39,40,44)/t24-,28-,31-/m0/s1. The summed E-state index contributed by atoms with van der Waals surface area (Å²) in [7, 11) is 0. The van der Waals surface area contributed by atoms with Crippen LogP contribution in [0.3, 0.4) is 0 Å². The zero-order valence-corrected chi connectivity index (χ0v) is 25.7. The number of rotatable bonds is 10. The summed E-state index contributed by atoms with van der Waals surface area (Å²) in [5, 5.41) is 21.8. The van der Waals surface area contributed by atoms with Crippen LogP contribution in [0, 0.1) is 11.7 Å². The Morgan fingerprint density at radius 1 is 1.14 bits per heavy atom. The first-order chi connectivity index (χ1) is 21.2. The largest absolute Gasteiger partial charge is 0.387 e. The number of hydrogen-bond donors (Lipinski definition) is 4. The van der Waals surface area contributed by atoms with Crippen molar-refractivity contribution in [2.45, 2.75) is 77.0 Å². The molecule has 230 valence electrons. The Morgan fingerprint density at radius 3 is 2.70 bits per heavy atom. The van der Waals surface area contributed by atoms with Crippen LogP contribution >= 0.6 is 11.6 Å². The van der Waals surface area contributed by atoms with Gasteiger partial charge >= 0.3 is 5.69 Å². The molecule has 3 atom stereocenters. The van der Waals surface area contributed by atoms with E-state index >= 15 is 4.39 Å². The molecule has 44 heavy (non-hydrogen) atoms. The Morgan fingerprint density at radius 2 is 1.95 bits per heavy atom. The number of piperidine rings is 1. The molecule has 5 aromatic rings. The lowest BCUT2D eigenvalue weighted by molar-refractivity contribution is 0.134. The molecule has 10 heteroatoms. The number of nitrogens with zero attached hydrogens (tertiary/aromatic N) is 3. The molecule has 0 bridgehead atoms. The van der Waals surface area contributed by atoms with Gasteiger partial charge in [0.05, 0.1) is 28.2 Å². The Balaban J connectivity index is 1.20. The molecule has 3 aromatic heterocycles. The van der Waals surface area contributed by atoms with Crippen molar-refractivity contribution < 1.29 is 9.50 Å². The minimum atomic E-state index is -0.591. The molecule has 1 aliphatic rings. The highest BCUT2D eigenvalue weighted by Gasteiger charge is 2.25. The zero-order valence-electron chi connectivity index (χ0n) is 25.0. The highest BCUT2D eigenvalue weighted by atomic mass is 35.5. The summed E-state index contributed by atoms with van der Waals surface area (Å²) < 4.78 is 16.7. The maximum absolute atomic E-state index is 15.2. The fourth-order valence-electron chi connectivity index (χ4n) is 6.21. The van der Waals surface area contributed by atoms with Crippen LogP contribution in [0.2, 0.25) is 5.02 Å². The van der Waals surface area contributed by atoms with E-state index in [1.165, 1.54) is 4.57 Å². The third-order valence-corrected chi connectivity index (χ3v) is 8.85. The lowest BCUT2D eigenvalue weighted by atomic mass is 9.90. The summed E-state index contributed by atoms with van der Waals surface area (Å²) in [5.74, 6) is 0.107. The fourth-order valence-corrected chi connectivity index (χ4v) is 6.45. The summed E-state index contributed by atoms with van der Waals surface area (Å²) in [4.78, 5) is 20.4. The van der Waals surface area contributed by atoms with Crippen LogP contribution in [0.1, 0.15) is 81.3 Å². The summed E-state index contributed by atoms with van der Waals surface area (Å²) in [5.41, 5.74) is 4.39. The van der Waals surface area contributed by atoms with Gasteiger partial charge in [-0.2, -0.15) is 10.1 Å². The molecular formula is C34H38ClFN6O2. The summed E-state index contributed by atoms with van der Waals surface area (Å²) in [6, 6.07) is 15.4. The van der Waals surface area contributed by atoms with E-state index in [-0.39, 0.29) is 17.1 Å². The van der Waals surface area contributed by atoms with Gasteiger partial charge in [-0.1, -0.05) is 50.4 Å². The van der Waals surface area contributed by atoms with Crippen LogP contribution < -0.4 is 11.0 Å². The molecule has 0 spiro atoms. The number of hydrogen-bond acceptors (Lipinski definition) is 5. The van der Waals surface area contributed by atoms with E-state index in [1.807, 2.05) is 36.4 Å². The second kappa shape index (κ2) is 13.1. The van der Waals surface area contributed by atoms with Crippen molar-refractivity contribution in [3.8, 4) is 16.9 Å². The normalized spacial score (nSPS) is 17.9. The highest BCUT2D eigenvalue weighted by Crippen LogP contribution is 2.32. The van der Waals surface area contributed by atoms with Gasteiger partial charge in [-0.3, -0.25) is 9.67 Å². The Labute approximate surface area is 260 Å². The molecule has 8 nitrogen and oxygen atoms in total. The SMILES string of the molecule is CC(C)CCCc1cc(Cl)c(F)c(-c2cc3cn(-c4ccc([C@@H]5CCC[C@@H](C[C@H](O)c6ccn[nH]6)N5)cc4)c(=O)nc3[nH]2)c1. The second-order valence-corrected chi connectivity index (χ2v) is 12.7. The van der Waals surface area contributed by atoms with Crippen molar-refractivity contribution in [1.29, 1.82) is 0 Å². The number of nitrogens with one attached hydrogen (secondary N) is 3. The predicted octanol–water partition coefficient (Wildman–Crippen LogP) is 7.18. The van der Waals surface area contributed by atoms with Crippen molar-refractivity contribution in [1.82, 2.24) is 30.0 Å². The van der Waals surface area contributed by atoms with Gasteiger partial charge in [-0.05, 0) is 85.5 Å². The molecule has 2 aromatic carbocycles. The third kappa shape index (κ3) is 6.65. The average molecular weight is 617 g/mol. The Kier molecular flexibility index (Phi) is 8.98. The number of halogens is 2. The number of aryl methyl sites for hydroxylation is 1. The van der Waals surface area contributed by atoms with Crippen LogP contribution in [0.15, 0.2) is 65.7 Å². The van der Waals surface area contributed by atoms with Gasteiger partial charge in [0.2, 0.25) is 0 Å². The highest BCUT2D eigenvalue weighted by molar-refractivity contribution is 6.31. The lowest BCUT2D eigenvalue weighted by Gasteiger charge is -2.32. The van der Waals surface area contributed by atoms with E-state index in [2.05, 4.69) is 39.3 Å². The van der Waals surface area contributed by atoms with E-state index in [0.29, 0.717) is 40.3 Å². The Hall–Kier alpha value is -3.79. The van der Waals surface area contributed by atoms with Crippen molar-refractivity contribution in [2.24, 2.45) is 5.92 Å². The molecule has 6 rings (SSSR count). The van der Waals surface area contributed by atoms with Crippen LogP contribution in [0.5, 0.6) is 0 Å². The maximum atomic E-state index is 15.2. The molecule has 0 unspecified atom stereocenters. The molecule has 0 amide bonds. The molecule has 4 heterocycles. The molecule has 1 fully saturated rings. The van der Waals surface area contributed by atoms with Crippen LogP contribution in [-0.2, 0) is 6.42 Å². The molecule has 4 N–H and O–H groups in total. The van der Waals surface area contributed by atoms with Gasteiger partial charge in [0, 0.05) is 35.4 Å². The van der Waals surface area contributed by atoms with Crippen LogP contribution in [0.4, 0.5) is 4.39 Å². The van der Waals surface area contributed by atoms with Crippen molar-refractivity contribution >= 4 is 22.6 Å². The molecule has 1 saturated heterocycles. The maximum Gasteiger partial charge on any atom is 0.354 e. The molecule has 0 radical (unpaired) electrons. The van der Waals surface area contributed by atoms with E-state index in [4.69, 9.17) is 11.6 Å². The van der Waals surface area contributed by atoms with E-state index in [0.717, 1.165) is 55.3 Å². The smallest absolute Gasteiger partial charge is 0.354 e. The van der Waals surface area contributed by atoms with Gasteiger partial charge < -0.3 is 15.4 Å². The number of aliphatic hydroxyl groups excluding tert-OH is 1. The van der Waals surface area contributed by atoms with Gasteiger partial charge in [-0.15, -0.1) is 0 Å². The number of fused-ring (bicyclic) bond motifs is 1. The first-order valence-electron chi connectivity index (χ1n) is 15.4. The first-order valence-corrected chi connectivity index (χ1v) is 15.8. The van der Waals surface area contributed by atoms with E-state index in [1.54, 1.807) is 24.5 Å². The monoisotopic (exact) mass is 616 g/mol. The minimum Gasteiger partial charge on any atom is -0.387 e. The van der Waals surface area contributed by atoms with Gasteiger partial charge in [0.15, 0.2) is 5.82 Å². The van der Waals surface area contributed by atoms with E-state index in [9.17, 15) is 9.90 Å². The number of H-pyrrole nitrogens is 2. The van der Waals surface area contributed by atoms with Gasteiger partial charge in [-0.25, -0.2) is 9.18 Å². The number of aromatic amines is 2. The number of aliphatic hydroxyl groups is 1. The van der Waals surface area contributed by atoms with Crippen molar-refractivity contribution in [3.63, 3.8) is 0 Å². The third-order valence-electron chi connectivity index (χ3n) is 8.58. The number of benzene rings is 2. The van der Waals surface area contributed by atoms with Crippen LogP contribution in [0.25, 0.3) is 28.0 Å². The molecule has 0 aliphatic carbocycles. The lowest BCUT2D eigenvalue weighted by Crippen LogP contribution is -2.38. The van der Waals surface area contributed by atoms with Crippen molar-refractivity contribution in [3.05, 3.63) is 99.1 Å². The van der Waals surface area contributed by atoms with Crippen molar-refractivity contribution in [2.75, 3.05) is 0 Å². The molecule has 1 aliphatic heterocycles. The quantitative estimate of drug-likeness (QED) is 0.133. The summed E-state index contributed by atoms with van der Waals surface area (Å²) in [6.07, 6.45) is 9.35. The summed E-state index contributed by atoms with van der Waals surface area (Å²) in [6.45, 7) is 4.37. The van der Waals surface area contributed by atoms with Gasteiger partial charge in [0.25, 0.3) is 0 Å². The number of aromatic nitrogens is 5. The second-order valence-electron chi connectivity index (χ2n) is 12.3. The van der Waals surface area contributed by atoms with Crippen LogP contribution in [-0.4, -0.2) is 35.9 Å².